The number of ether oxygens (including phenoxy) is 1. The highest BCUT2D eigenvalue weighted by Gasteiger charge is 2.13. The van der Waals surface area contributed by atoms with Crippen molar-refractivity contribution in [3.63, 3.8) is 0 Å². The number of nitrogens with one attached hydrogen (secondary N) is 1. The molecule has 3 aromatic rings. The Hall–Kier alpha value is -2.30. The number of nitrogens with zero attached hydrogens (tertiary/aromatic N) is 1. The Labute approximate surface area is 162 Å². The number of benzene rings is 2. The number of halogens is 2. The summed E-state index contributed by atoms with van der Waals surface area (Å²) in [6.45, 7) is 2.93. The second-order valence-electron chi connectivity index (χ2n) is 5.67. The fourth-order valence-electron chi connectivity index (χ4n) is 2.81. The van der Waals surface area contributed by atoms with Gasteiger partial charge in [0, 0.05) is 24.3 Å². The molecule has 0 aliphatic heterocycles. The van der Waals surface area contributed by atoms with Gasteiger partial charge in [0.25, 0.3) is 5.91 Å². The zero-order valence-corrected chi connectivity index (χ0v) is 15.7. The molecule has 0 fully saturated rings. The van der Waals surface area contributed by atoms with Gasteiger partial charge >= 0.3 is 0 Å². The molecule has 1 aromatic heterocycles. The lowest BCUT2D eigenvalue weighted by Crippen LogP contribution is -2.27. The van der Waals surface area contributed by atoms with Crippen molar-refractivity contribution in [2.45, 2.75) is 18.3 Å². The van der Waals surface area contributed by atoms with Crippen molar-refractivity contribution in [3.8, 4) is 16.9 Å². The van der Waals surface area contributed by atoms with Crippen LogP contribution in [0.2, 0.25) is 0 Å². The van der Waals surface area contributed by atoms with E-state index in [0.29, 0.717) is 13.2 Å². The lowest BCUT2D eigenvalue weighted by atomic mass is 9.96. The van der Waals surface area contributed by atoms with Crippen LogP contribution in [0.3, 0.4) is 0 Å². The number of hydrogen-bond donors (Lipinski definition) is 1. The molecule has 1 amide bonds. The lowest BCUT2D eigenvalue weighted by molar-refractivity contribution is -0.119. The minimum absolute atomic E-state index is 0.334. The van der Waals surface area contributed by atoms with E-state index in [4.69, 9.17) is 27.9 Å². The first kappa shape index (κ1) is 18.5. The highest BCUT2D eigenvalue weighted by atomic mass is 35.5. The molecular weight excluding hydrogens is 371 g/mol. The quantitative estimate of drug-likeness (QED) is 0.621. The van der Waals surface area contributed by atoms with E-state index in [1.807, 2.05) is 49.4 Å². The van der Waals surface area contributed by atoms with E-state index < -0.39 is 10.7 Å². The molecule has 0 aliphatic carbocycles. The zero-order chi connectivity index (χ0) is 18.5. The van der Waals surface area contributed by atoms with Crippen LogP contribution in [0.25, 0.3) is 21.9 Å². The first-order valence-electron chi connectivity index (χ1n) is 8.25. The van der Waals surface area contributed by atoms with Crippen molar-refractivity contribution in [1.29, 1.82) is 0 Å². The average Bonchev–Trinajstić information content (AvgIpc) is 2.66. The molecule has 0 spiro atoms. The van der Waals surface area contributed by atoms with Crippen molar-refractivity contribution in [3.05, 3.63) is 60.4 Å². The van der Waals surface area contributed by atoms with Gasteiger partial charge in [-0.2, -0.15) is 0 Å². The predicted molar refractivity (Wildman–Crippen MR) is 106 cm³/mol. The van der Waals surface area contributed by atoms with E-state index in [2.05, 4.69) is 10.3 Å². The summed E-state index contributed by atoms with van der Waals surface area (Å²) in [5.74, 6) is 0.430. The van der Waals surface area contributed by atoms with Gasteiger partial charge in [-0.15, -0.1) is 0 Å². The van der Waals surface area contributed by atoms with E-state index in [0.717, 1.165) is 33.2 Å². The summed E-state index contributed by atoms with van der Waals surface area (Å²) in [7, 11) is 0. The van der Waals surface area contributed by atoms with Crippen molar-refractivity contribution in [2.24, 2.45) is 0 Å². The summed E-state index contributed by atoms with van der Waals surface area (Å²) in [5, 5.41) is 4.76. The van der Waals surface area contributed by atoms with E-state index >= 15 is 0 Å². The number of amides is 1. The largest absolute Gasteiger partial charge is 0.494 e. The molecule has 0 atom stereocenters. The van der Waals surface area contributed by atoms with Gasteiger partial charge in [-0.05, 0) is 47.2 Å². The van der Waals surface area contributed by atoms with Crippen LogP contribution in [0.4, 0.5) is 0 Å². The normalized spacial score (nSPS) is 10.9. The minimum atomic E-state index is -1.08. The molecule has 134 valence electrons. The molecule has 0 saturated heterocycles. The molecule has 2 aromatic carbocycles. The summed E-state index contributed by atoms with van der Waals surface area (Å²) in [6, 6.07) is 14.0. The van der Waals surface area contributed by atoms with Gasteiger partial charge in [0.15, 0.2) is 4.84 Å². The molecule has 26 heavy (non-hydrogen) atoms. The van der Waals surface area contributed by atoms with Gasteiger partial charge in [0.05, 0.1) is 6.61 Å². The first-order valence-corrected chi connectivity index (χ1v) is 9.12. The number of fused-ring (bicyclic) bond motifs is 1. The Balaban J connectivity index is 1.96. The highest BCUT2D eigenvalue weighted by molar-refractivity contribution is 6.53. The van der Waals surface area contributed by atoms with Crippen LogP contribution in [-0.2, 0) is 11.3 Å². The monoisotopic (exact) mass is 388 g/mol. The van der Waals surface area contributed by atoms with Gasteiger partial charge in [-0.25, -0.2) is 0 Å². The van der Waals surface area contributed by atoms with Crippen molar-refractivity contribution < 1.29 is 9.53 Å². The van der Waals surface area contributed by atoms with E-state index in [1.165, 1.54) is 0 Å². The molecule has 4 nitrogen and oxygen atoms in total. The summed E-state index contributed by atoms with van der Waals surface area (Å²) in [4.78, 5) is 14.8. The van der Waals surface area contributed by atoms with Crippen LogP contribution in [0.1, 0.15) is 12.5 Å². The van der Waals surface area contributed by atoms with Gasteiger partial charge < -0.3 is 10.1 Å². The van der Waals surface area contributed by atoms with E-state index in [9.17, 15) is 4.79 Å². The lowest BCUT2D eigenvalue weighted by Gasteiger charge is -2.13. The smallest absolute Gasteiger partial charge is 0.253 e. The second-order valence-corrected chi connectivity index (χ2v) is 6.77. The third-order valence-electron chi connectivity index (χ3n) is 4.04. The molecule has 1 N–H and O–H groups in total. The summed E-state index contributed by atoms with van der Waals surface area (Å²) >= 11 is 11.2. The summed E-state index contributed by atoms with van der Waals surface area (Å²) in [5.41, 5.74) is 3.13. The maximum Gasteiger partial charge on any atom is 0.253 e. The molecule has 0 radical (unpaired) electrons. The number of carbonyl (C=O) groups excluding carboxylic acids is 1. The van der Waals surface area contributed by atoms with Gasteiger partial charge in [-0.1, -0.05) is 47.5 Å². The van der Waals surface area contributed by atoms with Crippen LogP contribution < -0.4 is 10.1 Å². The molecule has 0 aliphatic rings. The van der Waals surface area contributed by atoms with Crippen LogP contribution in [0.15, 0.2) is 54.9 Å². The molecule has 0 saturated carbocycles. The Bertz CT molecular complexity index is 911. The van der Waals surface area contributed by atoms with Crippen LogP contribution in [0.5, 0.6) is 5.75 Å². The van der Waals surface area contributed by atoms with Gasteiger partial charge in [0.2, 0.25) is 0 Å². The number of hydrogen-bond acceptors (Lipinski definition) is 3. The Kier molecular flexibility index (Phi) is 5.96. The number of carbonyl (C=O) groups is 1. The number of alkyl halides is 2. The van der Waals surface area contributed by atoms with Gasteiger partial charge in [-0.3, -0.25) is 9.78 Å². The summed E-state index contributed by atoms with van der Waals surface area (Å²) in [6.07, 6.45) is 3.56. The third kappa shape index (κ3) is 4.09. The zero-order valence-electron chi connectivity index (χ0n) is 14.2. The number of pyridine rings is 1. The fourth-order valence-corrected chi connectivity index (χ4v) is 2.97. The van der Waals surface area contributed by atoms with E-state index in [-0.39, 0.29) is 0 Å². The molecule has 0 bridgehead atoms. The SMILES string of the molecule is CCOc1ccc(-c2ccc(CNC(=O)C(Cl)Cl)c3cnccc23)cc1. The minimum Gasteiger partial charge on any atom is -0.494 e. The Morgan fingerprint density at radius 2 is 1.88 bits per heavy atom. The first-order chi connectivity index (χ1) is 12.6. The third-order valence-corrected chi connectivity index (χ3v) is 4.43. The molecular formula is C20H18Cl2N2O2. The molecule has 1 heterocycles. The van der Waals surface area contributed by atoms with E-state index in [1.54, 1.807) is 12.4 Å². The maximum atomic E-state index is 11.6. The summed E-state index contributed by atoms with van der Waals surface area (Å²) < 4.78 is 5.51. The molecule has 3 rings (SSSR count). The maximum absolute atomic E-state index is 11.6. The Morgan fingerprint density at radius 3 is 2.58 bits per heavy atom. The van der Waals surface area contributed by atoms with Crippen LogP contribution >= 0.6 is 23.2 Å². The number of rotatable bonds is 6. The Morgan fingerprint density at radius 1 is 1.12 bits per heavy atom. The van der Waals surface area contributed by atoms with Crippen molar-refractivity contribution in [2.75, 3.05) is 6.61 Å². The van der Waals surface area contributed by atoms with Crippen LogP contribution in [0, 0.1) is 0 Å². The van der Waals surface area contributed by atoms with Crippen molar-refractivity contribution in [1.82, 2.24) is 10.3 Å². The highest BCUT2D eigenvalue weighted by Crippen LogP contribution is 2.31. The average molecular weight is 389 g/mol. The molecule has 0 unspecified atom stereocenters. The number of aromatic nitrogens is 1. The van der Waals surface area contributed by atoms with Gasteiger partial charge in [0.1, 0.15) is 5.75 Å². The standard InChI is InChI=1S/C20H18Cl2N2O2/c1-2-26-15-6-3-13(4-7-15)16-8-5-14(11-24-20(25)19(21)22)18-12-23-10-9-17(16)18/h3-10,12,19H,2,11H2,1H3,(H,24,25). The predicted octanol–water partition coefficient (Wildman–Crippen LogP) is 4.72. The molecule has 6 heteroatoms. The topological polar surface area (TPSA) is 51.2 Å². The van der Waals surface area contributed by atoms with Crippen molar-refractivity contribution >= 4 is 39.9 Å². The fraction of sp³-hybridized carbons (Fsp3) is 0.200. The second kappa shape index (κ2) is 8.39. The van der Waals surface area contributed by atoms with Crippen LogP contribution in [-0.4, -0.2) is 22.3 Å².